The highest BCUT2D eigenvalue weighted by atomic mass is 16.2. The topological polar surface area (TPSA) is 108 Å². The van der Waals surface area contributed by atoms with Crippen molar-refractivity contribution in [2.75, 3.05) is 13.1 Å². The molecule has 3 heterocycles. The third-order valence-electron chi connectivity index (χ3n) is 6.99. The first-order chi connectivity index (χ1) is 16.3. The molecule has 9 nitrogen and oxygen atoms in total. The van der Waals surface area contributed by atoms with E-state index in [1.807, 2.05) is 22.8 Å². The number of carbonyl (C=O) groups is 1. The van der Waals surface area contributed by atoms with Gasteiger partial charge >= 0.3 is 5.69 Å². The fraction of sp³-hybridized carbons (Fsp3) is 0.360. The largest absolute Gasteiger partial charge is 0.369 e. The summed E-state index contributed by atoms with van der Waals surface area (Å²) in [5.41, 5.74) is 6.60. The minimum atomic E-state index is -0.402. The fourth-order valence-electron chi connectivity index (χ4n) is 4.96. The number of nitrogens with two attached hydrogens (primary N) is 1. The smallest absolute Gasteiger partial charge is 0.332 e. The number of nitrogens with zero attached hydrogens (tertiary/aromatic N) is 5. The van der Waals surface area contributed by atoms with Gasteiger partial charge in [-0.3, -0.25) is 23.6 Å². The summed E-state index contributed by atoms with van der Waals surface area (Å²) in [6, 6.07) is 14.3. The minimum Gasteiger partial charge on any atom is -0.369 e. The van der Waals surface area contributed by atoms with Gasteiger partial charge < -0.3 is 10.3 Å². The molecule has 0 unspecified atom stereocenters. The van der Waals surface area contributed by atoms with Gasteiger partial charge in [0.2, 0.25) is 5.91 Å². The van der Waals surface area contributed by atoms with Gasteiger partial charge in [0, 0.05) is 20.0 Å². The number of likely N-dealkylation sites (tertiary alicyclic amines) is 1. The van der Waals surface area contributed by atoms with Crippen LogP contribution in [0.4, 0.5) is 0 Å². The average molecular weight is 461 g/mol. The van der Waals surface area contributed by atoms with Crippen LogP contribution in [0.1, 0.15) is 24.2 Å². The number of fused-ring (bicyclic) bond motifs is 2. The Balaban J connectivity index is 1.62. The molecule has 0 radical (unpaired) electrons. The van der Waals surface area contributed by atoms with E-state index < -0.39 is 5.69 Å². The number of amides is 1. The van der Waals surface area contributed by atoms with Gasteiger partial charge in [0.25, 0.3) is 5.56 Å². The summed E-state index contributed by atoms with van der Waals surface area (Å²) < 4.78 is 4.50. The lowest BCUT2D eigenvalue weighted by molar-refractivity contribution is -0.123. The van der Waals surface area contributed by atoms with E-state index in [4.69, 9.17) is 10.7 Å². The number of aromatic nitrogens is 4. The Morgan fingerprint density at radius 3 is 2.44 bits per heavy atom. The van der Waals surface area contributed by atoms with Crippen molar-refractivity contribution in [3.05, 3.63) is 74.7 Å². The van der Waals surface area contributed by atoms with Crippen LogP contribution in [-0.4, -0.2) is 42.6 Å². The van der Waals surface area contributed by atoms with E-state index in [2.05, 4.69) is 29.2 Å². The van der Waals surface area contributed by atoms with Crippen LogP contribution < -0.4 is 17.0 Å². The highest BCUT2D eigenvalue weighted by Crippen LogP contribution is 2.24. The molecule has 1 aliphatic heterocycles. The van der Waals surface area contributed by atoms with E-state index in [0.29, 0.717) is 37.1 Å². The zero-order valence-corrected chi connectivity index (χ0v) is 19.4. The maximum atomic E-state index is 13.2. The highest BCUT2D eigenvalue weighted by Gasteiger charge is 2.26. The van der Waals surface area contributed by atoms with E-state index >= 15 is 0 Å². The molecule has 2 aromatic carbocycles. The third kappa shape index (κ3) is 3.71. The SMILES string of the molecule is Cn1c(=O)c2c(nc(CN3CCC(C(N)=O)CC3)n2Cc2cccc3ccccc23)n(C)c1=O. The van der Waals surface area contributed by atoms with Gasteiger partial charge in [-0.15, -0.1) is 0 Å². The van der Waals surface area contributed by atoms with Crippen LogP contribution in [0.15, 0.2) is 52.1 Å². The summed E-state index contributed by atoms with van der Waals surface area (Å²) in [7, 11) is 3.13. The number of rotatable bonds is 5. The Morgan fingerprint density at radius 1 is 1.00 bits per heavy atom. The molecule has 1 fully saturated rings. The zero-order valence-electron chi connectivity index (χ0n) is 19.4. The molecule has 1 saturated heterocycles. The number of hydrogen-bond acceptors (Lipinski definition) is 5. The summed E-state index contributed by atoms with van der Waals surface area (Å²) >= 11 is 0. The summed E-state index contributed by atoms with van der Waals surface area (Å²) in [5, 5.41) is 2.24. The van der Waals surface area contributed by atoms with Gasteiger partial charge in [-0.05, 0) is 42.3 Å². The van der Waals surface area contributed by atoms with Gasteiger partial charge in [-0.2, -0.15) is 0 Å². The summed E-state index contributed by atoms with van der Waals surface area (Å²) in [6.45, 7) is 2.42. The lowest BCUT2D eigenvalue weighted by atomic mass is 9.96. The van der Waals surface area contributed by atoms with Crippen LogP contribution in [0.2, 0.25) is 0 Å². The quantitative estimate of drug-likeness (QED) is 0.483. The standard InChI is InChI=1S/C25H28N6O3/c1-28-23-21(24(33)29(2)25(28)34)31(14-18-8-5-7-16-6-3-4-9-19(16)18)20(27-23)15-30-12-10-17(11-13-30)22(26)32/h3-9,17H,10-15H2,1-2H3,(H2,26,32). The van der Waals surface area contributed by atoms with E-state index in [-0.39, 0.29) is 17.4 Å². The monoisotopic (exact) mass is 460 g/mol. The number of aryl methyl sites for hydroxylation is 1. The molecule has 0 saturated carbocycles. The van der Waals surface area contributed by atoms with Crippen LogP contribution in [0.25, 0.3) is 21.9 Å². The Kier molecular flexibility index (Phi) is 5.57. The molecular formula is C25H28N6O3. The van der Waals surface area contributed by atoms with E-state index in [9.17, 15) is 14.4 Å². The number of imidazole rings is 1. The molecule has 0 bridgehead atoms. The van der Waals surface area contributed by atoms with Gasteiger partial charge in [-0.1, -0.05) is 42.5 Å². The van der Waals surface area contributed by atoms with Crippen LogP contribution in [0, 0.1) is 5.92 Å². The zero-order chi connectivity index (χ0) is 24.0. The molecular weight excluding hydrogens is 432 g/mol. The molecule has 9 heteroatoms. The number of benzene rings is 2. The molecule has 34 heavy (non-hydrogen) atoms. The molecule has 176 valence electrons. The van der Waals surface area contributed by atoms with Crippen molar-refractivity contribution in [2.24, 2.45) is 25.7 Å². The summed E-state index contributed by atoms with van der Waals surface area (Å²) in [4.78, 5) is 44.4. The van der Waals surface area contributed by atoms with Crippen LogP contribution in [-0.2, 0) is 32.0 Å². The van der Waals surface area contributed by atoms with Crippen LogP contribution >= 0.6 is 0 Å². The van der Waals surface area contributed by atoms with Gasteiger partial charge in [0.1, 0.15) is 5.82 Å². The van der Waals surface area contributed by atoms with Gasteiger partial charge in [0.05, 0.1) is 13.1 Å². The lowest BCUT2D eigenvalue weighted by Crippen LogP contribution is -2.38. The Morgan fingerprint density at radius 2 is 1.71 bits per heavy atom. The van der Waals surface area contributed by atoms with Crippen molar-refractivity contribution >= 4 is 27.8 Å². The van der Waals surface area contributed by atoms with E-state index in [1.165, 1.54) is 11.6 Å². The minimum absolute atomic E-state index is 0.0983. The Hall–Kier alpha value is -3.72. The summed E-state index contributed by atoms with van der Waals surface area (Å²) in [6.07, 6.45) is 1.41. The Labute approximate surface area is 196 Å². The molecule has 1 aliphatic rings. The van der Waals surface area contributed by atoms with Crippen molar-refractivity contribution in [3.8, 4) is 0 Å². The highest BCUT2D eigenvalue weighted by molar-refractivity contribution is 5.86. The number of piperidine rings is 1. The molecule has 0 atom stereocenters. The maximum absolute atomic E-state index is 13.2. The molecule has 0 aliphatic carbocycles. The predicted octanol–water partition coefficient (Wildman–Crippen LogP) is 1.33. The summed E-state index contributed by atoms with van der Waals surface area (Å²) in [5.74, 6) is 0.374. The van der Waals surface area contributed by atoms with Crippen LogP contribution in [0.5, 0.6) is 0 Å². The van der Waals surface area contributed by atoms with Crippen molar-refractivity contribution in [3.63, 3.8) is 0 Å². The molecule has 2 aromatic heterocycles. The van der Waals surface area contributed by atoms with Gasteiger partial charge in [0.15, 0.2) is 11.2 Å². The molecule has 2 N–H and O–H groups in total. The maximum Gasteiger partial charge on any atom is 0.332 e. The lowest BCUT2D eigenvalue weighted by Gasteiger charge is -2.30. The molecule has 0 spiro atoms. The number of hydrogen-bond donors (Lipinski definition) is 1. The second-order valence-electron chi connectivity index (χ2n) is 9.08. The molecule has 4 aromatic rings. The number of primary amides is 1. The predicted molar refractivity (Wildman–Crippen MR) is 130 cm³/mol. The molecule has 1 amide bonds. The average Bonchev–Trinajstić information content (AvgIpc) is 3.19. The second kappa shape index (κ2) is 8.57. The second-order valence-corrected chi connectivity index (χ2v) is 9.08. The fourth-order valence-corrected chi connectivity index (χ4v) is 4.96. The number of carbonyl (C=O) groups excluding carboxylic acids is 1. The first-order valence-electron chi connectivity index (χ1n) is 11.5. The normalized spacial score (nSPS) is 15.4. The van der Waals surface area contributed by atoms with E-state index in [1.54, 1.807) is 7.05 Å². The van der Waals surface area contributed by atoms with E-state index in [0.717, 1.165) is 39.8 Å². The molecule has 5 rings (SSSR count). The third-order valence-corrected chi connectivity index (χ3v) is 6.99. The van der Waals surface area contributed by atoms with Crippen molar-refractivity contribution < 1.29 is 4.79 Å². The first kappa shape index (κ1) is 22.1. The van der Waals surface area contributed by atoms with Crippen molar-refractivity contribution in [2.45, 2.75) is 25.9 Å². The van der Waals surface area contributed by atoms with Crippen LogP contribution in [0.3, 0.4) is 0 Å². The van der Waals surface area contributed by atoms with Gasteiger partial charge in [-0.25, -0.2) is 9.78 Å². The van der Waals surface area contributed by atoms with Crippen molar-refractivity contribution in [1.82, 2.24) is 23.6 Å². The first-order valence-corrected chi connectivity index (χ1v) is 11.5. The van der Waals surface area contributed by atoms with Crippen molar-refractivity contribution in [1.29, 1.82) is 0 Å². The Bertz CT molecular complexity index is 1520.